The fourth-order valence-electron chi connectivity index (χ4n) is 1.91. The molecule has 1 saturated heterocycles. The molecule has 0 amide bonds. The topological polar surface area (TPSA) is 29.0 Å². The summed E-state index contributed by atoms with van der Waals surface area (Å²) in [5.41, 5.74) is 0. The van der Waals surface area contributed by atoms with Gasteiger partial charge in [-0.1, -0.05) is 15.9 Å². The van der Waals surface area contributed by atoms with Crippen LogP contribution in [-0.4, -0.2) is 33.3 Å². The zero-order valence-corrected chi connectivity index (χ0v) is 10.4. The van der Waals surface area contributed by atoms with Gasteiger partial charge in [0, 0.05) is 17.7 Å². The number of nitrogens with zero attached hydrogens (tertiary/aromatic N) is 3. The van der Waals surface area contributed by atoms with Gasteiger partial charge in [-0.3, -0.25) is 4.90 Å². The third-order valence-corrected chi connectivity index (χ3v) is 3.83. The molecule has 0 N–H and O–H groups in total. The van der Waals surface area contributed by atoms with Crippen molar-refractivity contribution < 1.29 is 0 Å². The largest absolute Gasteiger partial charge is 0.296 e. The van der Waals surface area contributed by atoms with Gasteiger partial charge in [0.25, 0.3) is 0 Å². The summed E-state index contributed by atoms with van der Waals surface area (Å²) in [4.78, 5) is 10.9. The van der Waals surface area contributed by atoms with Gasteiger partial charge in [-0.2, -0.15) is 0 Å². The summed E-state index contributed by atoms with van der Waals surface area (Å²) in [7, 11) is 0. The molecule has 82 valence electrons. The highest BCUT2D eigenvalue weighted by atomic mass is 79.9. The van der Waals surface area contributed by atoms with Crippen LogP contribution >= 0.6 is 15.9 Å². The maximum Gasteiger partial charge on any atom is 0.142 e. The predicted molar refractivity (Wildman–Crippen MR) is 63.8 cm³/mol. The summed E-state index contributed by atoms with van der Waals surface area (Å²) in [6.07, 6.45) is 6.21. The van der Waals surface area contributed by atoms with E-state index in [1.54, 1.807) is 0 Å². The summed E-state index contributed by atoms with van der Waals surface area (Å²) in [6, 6.07) is 1.86. The Hall–Kier alpha value is -0.480. The molecule has 0 saturated carbocycles. The van der Waals surface area contributed by atoms with E-state index in [9.17, 15) is 0 Å². The maximum absolute atomic E-state index is 4.25. The van der Waals surface area contributed by atoms with Crippen molar-refractivity contribution in [1.29, 1.82) is 0 Å². The number of likely N-dealkylation sites (tertiary alicyclic amines) is 1. The number of rotatable bonds is 3. The Morgan fingerprint density at radius 1 is 1.27 bits per heavy atom. The Bertz CT molecular complexity index is 283. The van der Waals surface area contributed by atoms with Crippen molar-refractivity contribution in [3.63, 3.8) is 0 Å². The molecule has 1 aromatic rings. The van der Waals surface area contributed by atoms with Crippen LogP contribution in [0.2, 0.25) is 0 Å². The average Bonchev–Trinajstić information content (AvgIpc) is 2.31. The molecule has 2 heterocycles. The smallest absolute Gasteiger partial charge is 0.142 e. The summed E-state index contributed by atoms with van der Waals surface area (Å²) < 4.78 is 0. The summed E-state index contributed by atoms with van der Waals surface area (Å²) in [5, 5.41) is 1.14. The predicted octanol–water partition coefficient (Wildman–Crippen LogP) is 2.08. The molecule has 0 bridgehead atoms. The van der Waals surface area contributed by atoms with Gasteiger partial charge in [0.15, 0.2) is 0 Å². The highest BCUT2D eigenvalue weighted by Crippen LogP contribution is 2.19. The first-order valence-corrected chi connectivity index (χ1v) is 6.55. The van der Waals surface area contributed by atoms with Gasteiger partial charge in [0.1, 0.15) is 5.82 Å². The van der Waals surface area contributed by atoms with Gasteiger partial charge in [0.2, 0.25) is 0 Å². The standard InChI is InChI=1S/C11H16BrN3/c12-8-10-2-6-15(7-3-10)9-11-13-4-1-5-14-11/h1,4-5,10H,2-3,6-9H2. The van der Waals surface area contributed by atoms with Gasteiger partial charge in [0.05, 0.1) is 6.54 Å². The third kappa shape index (κ3) is 3.24. The fourth-order valence-corrected chi connectivity index (χ4v) is 2.56. The van der Waals surface area contributed by atoms with Crippen molar-refractivity contribution in [1.82, 2.24) is 14.9 Å². The molecular weight excluding hydrogens is 254 g/mol. The second-order valence-electron chi connectivity index (χ2n) is 4.04. The summed E-state index contributed by atoms with van der Waals surface area (Å²) >= 11 is 3.55. The van der Waals surface area contributed by atoms with Crippen molar-refractivity contribution in [3.8, 4) is 0 Å². The van der Waals surface area contributed by atoms with Crippen LogP contribution in [-0.2, 0) is 6.54 Å². The van der Waals surface area contributed by atoms with Crippen molar-refractivity contribution >= 4 is 15.9 Å². The van der Waals surface area contributed by atoms with E-state index in [1.807, 2.05) is 18.5 Å². The molecule has 2 rings (SSSR count). The molecule has 0 unspecified atom stereocenters. The third-order valence-electron chi connectivity index (χ3n) is 2.91. The number of halogens is 1. The number of aromatic nitrogens is 2. The molecule has 4 heteroatoms. The Kier molecular flexibility index (Phi) is 4.09. The van der Waals surface area contributed by atoms with Crippen LogP contribution in [0.1, 0.15) is 18.7 Å². The Morgan fingerprint density at radius 2 is 1.93 bits per heavy atom. The number of alkyl halides is 1. The summed E-state index contributed by atoms with van der Waals surface area (Å²) in [5.74, 6) is 1.80. The lowest BCUT2D eigenvalue weighted by molar-refractivity contribution is 0.183. The van der Waals surface area contributed by atoms with E-state index in [-0.39, 0.29) is 0 Å². The van der Waals surface area contributed by atoms with Crippen molar-refractivity contribution in [2.24, 2.45) is 5.92 Å². The minimum atomic E-state index is 0.859. The minimum absolute atomic E-state index is 0.859. The van der Waals surface area contributed by atoms with Crippen LogP contribution in [0.25, 0.3) is 0 Å². The minimum Gasteiger partial charge on any atom is -0.296 e. The molecule has 0 spiro atoms. The quantitative estimate of drug-likeness (QED) is 0.787. The van der Waals surface area contributed by atoms with Crippen LogP contribution in [0.3, 0.4) is 0 Å². The molecule has 0 radical (unpaired) electrons. The van der Waals surface area contributed by atoms with Gasteiger partial charge >= 0.3 is 0 Å². The number of hydrogen-bond acceptors (Lipinski definition) is 3. The number of piperidine rings is 1. The molecule has 15 heavy (non-hydrogen) atoms. The van der Waals surface area contributed by atoms with Crippen molar-refractivity contribution in [2.75, 3.05) is 18.4 Å². The highest BCUT2D eigenvalue weighted by Gasteiger charge is 2.18. The zero-order chi connectivity index (χ0) is 10.5. The molecule has 3 nitrogen and oxygen atoms in total. The van der Waals surface area contributed by atoms with Crippen LogP contribution < -0.4 is 0 Å². The van der Waals surface area contributed by atoms with Crippen LogP contribution in [0.15, 0.2) is 18.5 Å². The normalized spacial score (nSPS) is 19.3. The molecule has 1 aromatic heterocycles. The molecular formula is C11H16BrN3. The molecule has 0 aromatic carbocycles. The van der Waals surface area contributed by atoms with Gasteiger partial charge in [-0.25, -0.2) is 9.97 Å². The van der Waals surface area contributed by atoms with E-state index in [2.05, 4.69) is 30.8 Å². The van der Waals surface area contributed by atoms with Crippen LogP contribution in [0.4, 0.5) is 0 Å². The Balaban J connectivity index is 1.82. The monoisotopic (exact) mass is 269 g/mol. The highest BCUT2D eigenvalue weighted by molar-refractivity contribution is 9.09. The van der Waals surface area contributed by atoms with Crippen molar-refractivity contribution in [2.45, 2.75) is 19.4 Å². The van der Waals surface area contributed by atoms with E-state index < -0.39 is 0 Å². The molecule has 1 fully saturated rings. The van der Waals surface area contributed by atoms with Crippen LogP contribution in [0.5, 0.6) is 0 Å². The van der Waals surface area contributed by atoms with E-state index in [0.29, 0.717) is 0 Å². The maximum atomic E-state index is 4.25. The lowest BCUT2D eigenvalue weighted by Gasteiger charge is -2.30. The van der Waals surface area contributed by atoms with Crippen molar-refractivity contribution in [3.05, 3.63) is 24.3 Å². The fraction of sp³-hybridized carbons (Fsp3) is 0.636. The first-order chi connectivity index (χ1) is 7.38. The number of hydrogen-bond donors (Lipinski definition) is 0. The Morgan fingerprint density at radius 3 is 2.53 bits per heavy atom. The van der Waals surface area contributed by atoms with E-state index in [0.717, 1.165) is 23.6 Å². The second-order valence-corrected chi connectivity index (χ2v) is 4.69. The first kappa shape index (κ1) is 11.0. The van der Waals surface area contributed by atoms with Gasteiger partial charge in [-0.05, 0) is 37.9 Å². The first-order valence-electron chi connectivity index (χ1n) is 5.42. The van der Waals surface area contributed by atoms with E-state index >= 15 is 0 Å². The SMILES string of the molecule is BrCC1CCN(Cc2ncccn2)CC1. The zero-order valence-electron chi connectivity index (χ0n) is 8.77. The molecule has 0 atom stereocenters. The molecule has 1 aliphatic rings. The van der Waals surface area contributed by atoms with Crippen LogP contribution in [0, 0.1) is 5.92 Å². The average molecular weight is 270 g/mol. The van der Waals surface area contributed by atoms with E-state index in [1.165, 1.54) is 25.9 Å². The van der Waals surface area contributed by atoms with Gasteiger partial charge < -0.3 is 0 Å². The summed E-state index contributed by atoms with van der Waals surface area (Å²) in [6.45, 7) is 3.25. The van der Waals surface area contributed by atoms with Gasteiger partial charge in [-0.15, -0.1) is 0 Å². The molecule has 0 aliphatic carbocycles. The lowest BCUT2D eigenvalue weighted by Crippen LogP contribution is -2.34. The van der Waals surface area contributed by atoms with E-state index in [4.69, 9.17) is 0 Å². The second kappa shape index (κ2) is 5.56. The molecule has 1 aliphatic heterocycles. The Labute approximate surface area is 99.0 Å². The lowest BCUT2D eigenvalue weighted by atomic mass is 9.99.